The molecule has 4 nitrogen and oxygen atoms in total. The van der Waals surface area contributed by atoms with E-state index in [2.05, 4.69) is 17.2 Å². The number of nitrogens with one attached hydrogen (secondary N) is 2. The molecule has 0 aliphatic carbocycles. The summed E-state index contributed by atoms with van der Waals surface area (Å²) < 4.78 is 0. The first-order valence-corrected chi connectivity index (χ1v) is 4.54. The van der Waals surface area contributed by atoms with Gasteiger partial charge in [0, 0.05) is 12.1 Å². The average molecular weight is 198 g/mol. The molecule has 0 unspecified atom stereocenters. The van der Waals surface area contributed by atoms with Gasteiger partial charge >= 0.3 is 0 Å². The number of hydrogen-bond donors (Lipinski definition) is 2. The summed E-state index contributed by atoms with van der Waals surface area (Å²) in [5.74, 6) is -0.550. The quantitative estimate of drug-likeness (QED) is 0.513. The third kappa shape index (κ3) is 7.34. The van der Waals surface area contributed by atoms with Crippen molar-refractivity contribution in [2.24, 2.45) is 0 Å². The molecule has 0 spiro atoms. The Labute approximate surface area is 84.8 Å². The van der Waals surface area contributed by atoms with Crippen LogP contribution in [0.5, 0.6) is 0 Å². The maximum atomic E-state index is 11.2. The van der Waals surface area contributed by atoms with Crippen LogP contribution >= 0.6 is 0 Å². The van der Waals surface area contributed by atoms with Crippen LogP contribution in [0.2, 0.25) is 0 Å². The summed E-state index contributed by atoms with van der Waals surface area (Å²) >= 11 is 0. The van der Waals surface area contributed by atoms with Crippen LogP contribution in [-0.4, -0.2) is 23.9 Å². The smallest absolute Gasteiger partial charge is 0.229 e. The average Bonchev–Trinajstić information content (AvgIpc) is 1.96. The Morgan fingerprint density at radius 1 is 1.29 bits per heavy atom. The Morgan fingerprint density at radius 2 is 1.86 bits per heavy atom. The van der Waals surface area contributed by atoms with E-state index >= 15 is 0 Å². The van der Waals surface area contributed by atoms with Crippen LogP contribution in [0.15, 0.2) is 12.7 Å². The molecule has 0 aromatic rings. The highest BCUT2D eigenvalue weighted by Gasteiger charge is 2.15. The Morgan fingerprint density at radius 3 is 2.29 bits per heavy atom. The molecule has 0 aromatic carbocycles. The van der Waals surface area contributed by atoms with Crippen LogP contribution in [-0.2, 0) is 9.59 Å². The number of rotatable bonds is 4. The third-order valence-electron chi connectivity index (χ3n) is 1.28. The van der Waals surface area contributed by atoms with E-state index in [1.165, 1.54) is 0 Å². The Kier molecular flexibility index (Phi) is 4.91. The fourth-order valence-corrected chi connectivity index (χ4v) is 0.857. The first kappa shape index (κ1) is 12.7. The van der Waals surface area contributed by atoms with Gasteiger partial charge in [-0.05, 0) is 20.8 Å². The number of carbonyl (C=O) groups excluding carboxylic acids is 2. The fraction of sp³-hybridized carbons (Fsp3) is 0.600. The molecule has 0 rings (SSSR count). The maximum Gasteiger partial charge on any atom is 0.229 e. The van der Waals surface area contributed by atoms with Crippen molar-refractivity contribution in [1.82, 2.24) is 10.6 Å². The summed E-state index contributed by atoms with van der Waals surface area (Å²) in [5, 5.41) is 5.23. The van der Waals surface area contributed by atoms with Gasteiger partial charge in [0.05, 0.1) is 0 Å². The van der Waals surface area contributed by atoms with Gasteiger partial charge in [0.15, 0.2) is 0 Å². The molecule has 14 heavy (non-hydrogen) atoms. The van der Waals surface area contributed by atoms with Crippen LogP contribution in [0, 0.1) is 0 Å². The molecule has 0 radical (unpaired) electrons. The summed E-state index contributed by atoms with van der Waals surface area (Å²) in [6.07, 6.45) is 1.44. The van der Waals surface area contributed by atoms with E-state index in [-0.39, 0.29) is 23.8 Å². The maximum absolute atomic E-state index is 11.2. The second kappa shape index (κ2) is 5.42. The van der Waals surface area contributed by atoms with E-state index < -0.39 is 0 Å². The van der Waals surface area contributed by atoms with Crippen molar-refractivity contribution in [2.75, 3.05) is 6.54 Å². The molecular weight excluding hydrogens is 180 g/mol. The van der Waals surface area contributed by atoms with Gasteiger partial charge in [0.25, 0.3) is 0 Å². The van der Waals surface area contributed by atoms with Crippen molar-refractivity contribution in [3.8, 4) is 0 Å². The van der Waals surface area contributed by atoms with Crippen LogP contribution in [0.1, 0.15) is 27.2 Å². The molecule has 80 valence electrons. The van der Waals surface area contributed by atoms with Crippen LogP contribution in [0.25, 0.3) is 0 Å². The van der Waals surface area contributed by atoms with E-state index in [1.807, 2.05) is 20.8 Å². The molecule has 0 atom stereocenters. The lowest BCUT2D eigenvalue weighted by Gasteiger charge is -2.20. The van der Waals surface area contributed by atoms with Crippen LogP contribution in [0.3, 0.4) is 0 Å². The standard InChI is InChI=1S/C10H18N2O2/c1-5-6-11-8(13)7-9(14)12-10(2,3)4/h5H,1,6-7H2,2-4H3,(H,11,13)(H,12,14). The van der Waals surface area contributed by atoms with E-state index in [0.717, 1.165) is 0 Å². The van der Waals surface area contributed by atoms with Crippen molar-refractivity contribution in [3.05, 3.63) is 12.7 Å². The summed E-state index contributed by atoms with van der Waals surface area (Å²) in [7, 11) is 0. The van der Waals surface area contributed by atoms with Gasteiger partial charge in [-0.1, -0.05) is 6.08 Å². The van der Waals surface area contributed by atoms with Gasteiger partial charge in [0.1, 0.15) is 6.42 Å². The largest absolute Gasteiger partial charge is 0.352 e. The molecule has 0 bridgehead atoms. The van der Waals surface area contributed by atoms with Crippen molar-refractivity contribution >= 4 is 11.8 Å². The molecule has 2 N–H and O–H groups in total. The minimum absolute atomic E-state index is 0.134. The van der Waals surface area contributed by atoms with Gasteiger partial charge in [-0.25, -0.2) is 0 Å². The lowest BCUT2D eigenvalue weighted by atomic mass is 10.1. The summed E-state index contributed by atoms with van der Waals surface area (Å²) in [4.78, 5) is 22.3. The lowest BCUT2D eigenvalue weighted by Crippen LogP contribution is -2.42. The Balaban J connectivity index is 3.83. The molecule has 0 fully saturated rings. The number of hydrogen-bond acceptors (Lipinski definition) is 2. The zero-order chi connectivity index (χ0) is 11.2. The zero-order valence-corrected chi connectivity index (χ0v) is 9.02. The van der Waals surface area contributed by atoms with Gasteiger partial charge < -0.3 is 10.6 Å². The van der Waals surface area contributed by atoms with Gasteiger partial charge in [-0.2, -0.15) is 0 Å². The SMILES string of the molecule is C=CCNC(=O)CC(=O)NC(C)(C)C. The fourth-order valence-electron chi connectivity index (χ4n) is 0.857. The molecule has 0 aliphatic heterocycles. The van der Waals surface area contributed by atoms with Gasteiger partial charge in [-0.3, -0.25) is 9.59 Å². The number of amides is 2. The minimum atomic E-state index is -0.296. The topological polar surface area (TPSA) is 58.2 Å². The molecule has 4 heteroatoms. The highest BCUT2D eigenvalue weighted by molar-refractivity contribution is 5.97. The molecular formula is C10H18N2O2. The lowest BCUT2D eigenvalue weighted by molar-refractivity contribution is -0.129. The minimum Gasteiger partial charge on any atom is -0.352 e. The molecule has 0 aromatic heterocycles. The number of carbonyl (C=O) groups is 2. The predicted octanol–water partition coefficient (Wildman–Crippen LogP) is 0.593. The second-order valence-corrected chi connectivity index (χ2v) is 4.07. The zero-order valence-electron chi connectivity index (χ0n) is 9.02. The van der Waals surface area contributed by atoms with E-state index in [4.69, 9.17) is 0 Å². The first-order chi connectivity index (χ1) is 6.35. The van der Waals surface area contributed by atoms with Crippen molar-refractivity contribution in [2.45, 2.75) is 32.7 Å². The third-order valence-corrected chi connectivity index (χ3v) is 1.28. The van der Waals surface area contributed by atoms with Gasteiger partial charge in [0.2, 0.25) is 11.8 Å². The van der Waals surface area contributed by atoms with E-state index in [0.29, 0.717) is 6.54 Å². The van der Waals surface area contributed by atoms with Crippen LogP contribution < -0.4 is 10.6 Å². The molecule has 0 saturated heterocycles. The molecule has 0 aliphatic rings. The summed E-state index contributed by atoms with van der Waals surface area (Å²) in [5.41, 5.74) is -0.296. The van der Waals surface area contributed by atoms with E-state index in [9.17, 15) is 9.59 Å². The predicted molar refractivity (Wildman–Crippen MR) is 55.7 cm³/mol. The monoisotopic (exact) mass is 198 g/mol. The van der Waals surface area contributed by atoms with Gasteiger partial charge in [-0.15, -0.1) is 6.58 Å². The van der Waals surface area contributed by atoms with Crippen molar-refractivity contribution < 1.29 is 9.59 Å². The Hall–Kier alpha value is -1.32. The highest BCUT2D eigenvalue weighted by atomic mass is 16.2. The van der Waals surface area contributed by atoms with E-state index in [1.54, 1.807) is 6.08 Å². The van der Waals surface area contributed by atoms with Crippen LogP contribution in [0.4, 0.5) is 0 Å². The molecule has 2 amide bonds. The van der Waals surface area contributed by atoms with Crippen molar-refractivity contribution in [1.29, 1.82) is 0 Å². The first-order valence-electron chi connectivity index (χ1n) is 4.54. The van der Waals surface area contributed by atoms with Crippen molar-refractivity contribution in [3.63, 3.8) is 0 Å². The highest BCUT2D eigenvalue weighted by Crippen LogP contribution is 1.98. The normalized spacial score (nSPS) is 10.5. The molecule has 0 saturated carbocycles. The summed E-state index contributed by atoms with van der Waals surface area (Å²) in [6.45, 7) is 9.45. The Bertz CT molecular complexity index is 229. The second-order valence-electron chi connectivity index (χ2n) is 4.07. The summed E-state index contributed by atoms with van der Waals surface area (Å²) in [6, 6.07) is 0. The molecule has 0 heterocycles.